The van der Waals surface area contributed by atoms with Crippen LogP contribution in [0.25, 0.3) is 0 Å². The molecule has 0 aromatic heterocycles. The van der Waals surface area contributed by atoms with E-state index in [1.807, 2.05) is 11.0 Å². The van der Waals surface area contributed by atoms with E-state index in [1.54, 1.807) is 24.3 Å². The quantitative estimate of drug-likeness (QED) is 0.686. The molecule has 0 aliphatic carbocycles. The van der Waals surface area contributed by atoms with Crippen LogP contribution in [0.15, 0.2) is 36.4 Å². The number of piperazine rings is 1. The number of fused-ring (bicyclic) bond motifs is 1. The van der Waals surface area contributed by atoms with Gasteiger partial charge in [0.25, 0.3) is 5.69 Å². The molecule has 0 spiro atoms. The molecule has 7 heteroatoms. The molecule has 2 heterocycles. The standard InChI is InChI=1S/C18H19FN4O2/c19-14-3-1-2-4-16(14)21-9-11-22(12-10-21)18-13-7-8-20-15(13)5-6-17(18)23(24)25/h1-6,20H,7-12H2. The topological polar surface area (TPSA) is 61.7 Å². The fourth-order valence-electron chi connectivity index (χ4n) is 3.74. The summed E-state index contributed by atoms with van der Waals surface area (Å²) in [6.07, 6.45) is 0.792. The van der Waals surface area contributed by atoms with Gasteiger partial charge in [-0.05, 0) is 24.6 Å². The molecule has 130 valence electrons. The van der Waals surface area contributed by atoms with Gasteiger partial charge >= 0.3 is 0 Å². The second-order valence-corrected chi connectivity index (χ2v) is 6.32. The Morgan fingerprint density at radius 1 is 1.04 bits per heavy atom. The molecule has 0 radical (unpaired) electrons. The lowest BCUT2D eigenvalue weighted by Crippen LogP contribution is -2.47. The third-order valence-electron chi connectivity index (χ3n) is 4.94. The summed E-state index contributed by atoms with van der Waals surface area (Å²) in [6.45, 7) is 3.33. The second kappa shape index (κ2) is 6.23. The summed E-state index contributed by atoms with van der Waals surface area (Å²) in [5, 5.41) is 14.8. The molecule has 2 aliphatic rings. The first kappa shape index (κ1) is 15.7. The zero-order valence-electron chi connectivity index (χ0n) is 13.7. The number of anilines is 3. The van der Waals surface area contributed by atoms with Crippen molar-refractivity contribution in [3.05, 3.63) is 57.9 Å². The van der Waals surface area contributed by atoms with Crippen molar-refractivity contribution in [1.29, 1.82) is 0 Å². The number of rotatable bonds is 3. The molecule has 6 nitrogen and oxygen atoms in total. The van der Waals surface area contributed by atoms with Crippen molar-refractivity contribution in [2.75, 3.05) is 47.8 Å². The number of halogens is 1. The highest BCUT2D eigenvalue weighted by molar-refractivity contribution is 5.78. The van der Waals surface area contributed by atoms with Crippen LogP contribution in [-0.4, -0.2) is 37.6 Å². The molecule has 2 aromatic rings. The normalized spacial score (nSPS) is 16.5. The van der Waals surface area contributed by atoms with Crippen molar-refractivity contribution in [2.45, 2.75) is 6.42 Å². The lowest BCUT2D eigenvalue weighted by atomic mass is 10.1. The largest absolute Gasteiger partial charge is 0.384 e. The number of benzene rings is 2. The van der Waals surface area contributed by atoms with Gasteiger partial charge in [0.15, 0.2) is 0 Å². The molecule has 1 saturated heterocycles. The molecule has 2 aromatic carbocycles. The number of nitrogens with zero attached hydrogens (tertiary/aromatic N) is 3. The van der Waals surface area contributed by atoms with Gasteiger partial charge in [0.05, 0.1) is 10.6 Å². The van der Waals surface area contributed by atoms with Crippen molar-refractivity contribution in [3.63, 3.8) is 0 Å². The van der Waals surface area contributed by atoms with Gasteiger partial charge in [-0.3, -0.25) is 10.1 Å². The minimum absolute atomic E-state index is 0.154. The van der Waals surface area contributed by atoms with Crippen LogP contribution >= 0.6 is 0 Å². The molecular weight excluding hydrogens is 323 g/mol. The highest BCUT2D eigenvalue weighted by Gasteiger charge is 2.30. The zero-order chi connectivity index (χ0) is 17.4. The van der Waals surface area contributed by atoms with Crippen molar-refractivity contribution in [2.24, 2.45) is 0 Å². The SMILES string of the molecule is O=[N+]([O-])c1ccc2c(c1N1CCN(c3ccccc3F)CC1)CCN2. The van der Waals surface area contributed by atoms with Crippen LogP contribution < -0.4 is 15.1 Å². The van der Waals surface area contributed by atoms with Crippen LogP contribution in [0.4, 0.5) is 27.1 Å². The lowest BCUT2D eigenvalue weighted by Gasteiger charge is -2.37. The number of para-hydroxylation sites is 1. The predicted octanol–water partition coefficient (Wildman–Crippen LogP) is 3.03. The zero-order valence-corrected chi connectivity index (χ0v) is 13.7. The molecule has 1 N–H and O–H groups in total. The Morgan fingerprint density at radius 2 is 1.76 bits per heavy atom. The maximum atomic E-state index is 14.0. The Morgan fingerprint density at radius 3 is 2.48 bits per heavy atom. The molecular formula is C18H19FN4O2. The van der Waals surface area contributed by atoms with Gasteiger partial charge in [-0.25, -0.2) is 4.39 Å². The fraction of sp³-hybridized carbons (Fsp3) is 0.333. The van der Waals surface area contributed by atoms with E-state index in [2.05, 4.69) is 10.2 Å². The molecule has 0 saturated carbocycles. The number of nitrogens with one attached hydrogen (secondary N) is 1. The molecule has 1 fully saturated rings. The van der Waals surface area contributed by atoms with Crippen molar-refractivity contribution < 1.29 is 9.31 Å². The van der Waals surface area contributed by atoms with E-state index >= 15 is 0 Å². The average Bonchev–Trinajstić information content (AvgIpc) is 3.10. The monoisotopic (exact) mass is 342 g/mol. The molecule has 25 heavy (non-hydrogen) atoms. The minimum Gasteiger partial charge on any atom is -0.384 e. The Balaban J connectivity index is 1.60. The van der Waals surface area contributed by atoms with E-state index in [4.69, 9.17) is 0 Å². The molecule has 0 bridgehead atoms. The predicted molar refractivity (Wildman–Crippen MR) is 96.1 cm³/mol. The fourth-order valence-corrected chi connectivity index (χ4v) is 3.74. The molecule has 2 aliphatic heterocycles. The molecule has 0 unspecified atom stereocenters. The Hall–Kier alpha value is -2.83. The Labute approximate surface area is 145 Å². The summed E-state index contributed by atoms with van der Waals surface area (Å²) in [7, 11) is 0. The highest BCUT2D eigenvalue weighted by Crippen LogP contribution is 2.40. The summed E-state index contributed by atoms with van der Waals surface area (Å²) in [5.41, 5.74) is 3.48. The summed E-state index contributed by atoms with van der Waals surface area (Å²) in [5.74, 6) is -0.230. The van der Waals surface area contributed by atoms with E-state index in [1.165, 1.54) is 6.07 Å². The maximum absolute atomic E-state index is 14.0. The maximum Gasteiger partial charge on any atom is 0.292 e. The van der Waals surface area contributed by atoms with Crippen LogP contribution in [-0.2, 0) is 6.42 Å². The Bertz CT molecular complexity index is 819. The van der Waals surface area contributed by atoms with Crippen LogP contribution in [0.5, 0.6) is 0 Å². The van der Waals surface area contributed by atoms with Gasteiger partial charge in [-0.2, -0.15) is 0 Å². The third-order valence-corrected chi connectivity index (χ3v) is 4.94. The van der Waals surface area contributed by atoms with Gasteiger partial charge in [0.1, 0.15) is 11.5 Å². The number of hydrogen-bond acceptors (Lipinski definition) is 5. The van der Waals surface area contributed by atoms with Crippen LogP contribution in [0, 0.1) is 15.9 Å². The van der Waals surface area contributed by atoms with Gasteiger partial charge in [-0.1, -0.05) is 12.1 Å². The van der Waals surface area contributed by atoms with Crippen molar-refractivity contribution in [1.82, 2.24) is 0 Å². The van der Waals surface area contributed by atoms with E-state index in [0.717, 1.165) is 29.9 Å². The summed E-state index contributed by atoms with van der Waals surface area (Å²) in [6, 6.07) is 10.1. The number of hydrogen-bond donors (Lipinski definition) is 1. The van der Waals surface area contributed by atoms with Crippen LogP contribution in [0.2, 0.25) is 0 Å². The number of nitro groups is 1. The Kier molecular flexibility index (Phi) is 3.91. The van der Waals surface area contributed by atoms with Gasteiger partial charge < -0.3 is 15.1 Å². The van der Waals surface area contributed by atoms with E-state index in [9.17, 15) is 14.5 Å². The van der Waals surface area contributed by atoms with Gasteiger partial charge in [0, 0.05) is 50.0 Å². The first-order chi connectivity index (χ1) is 12.1. The lowest BCUT2D eigenvalue weighted by molar-refractivity contribution is -0.384. The first-order valence-corrected chi connectivity index (χ1v) is 8.44. The van der Waals surface area contributed by atoms with Gasteiger partial charge in [0.2, 0.25) is 0 Å². The van der Waals surface area contributed by atoms with E-state index in [0.29, 0.717) is 31.9 Å². The van der Waals surface area contributed by atoms with Crippen LogP contribution in [0.1, 0.15) is 5.56 Å². The summed E-state index contributed by atoms with van der Waals surface area (Å²) in [4.78, 5) is 15.3. The smallest absolute Gasteiger partial charge is 0.292 e. The van der Waals surface area contributed by atoms with E-state index in [-0.39, 0.29) is 16.4 Å². The van der Waals surface area contributed by atoms with E-state index < -0.39 is 0 Å². The first-order valence-electron chi connectivity index (χ1n) is 8.44. The average molecular weight is 342 g/mol. The third kappa shape index (κ3) is 2.75. The van der Waals surface area contributed by atoms with Gasteiger partial charge in [-0.15, -0.1) is 0 Å². The highest BCUT2D eigenvalue weighted by atomic mass is 19.1. The van der Waals surface area contributed by atoms with Crippen molar-refractivity contribution in [3.8, 4) is 0 Å². The molecule has 0 amide bonds. The molecule has 4 rings (SSSR count). The van der Waals surface area contributed by atoms with Crippen LogP contribution in [0.3, 0.4) is 0 Å². The summed E-state index contributed by atoms with van der Waals surface area (Å²) < 4.78 is 14.0. The van der Waals surface area contributed by atoms with Crippen molar-refractivity contribution >= 4 is 22.7 Å². The second-order valence-electron chi connectivity index (χ2n) is 6.32. The number of nitro benzene ring substituents is 1. The summed E-state index contributed by atoms with van der Waals surface area (Å²) >= 11 is 0. The minimum atomic E-state index is -0.308. The molecule has 0 atom stereocenters.